The maximum absolute atomic E-state index is 4.98. The molecule has 2 fully saturated rings. The monoisotopic (exact) mass is 375 g/mol. The van der Waals surface area contributed by atoms with E-state index in [9.17, 15) is 0 Å². The summed E-state index contributed by atoms with van der Waals surface area (Å²) in [5.41, 5.74) is 1.35. The standard InChI is InChI=1S/C20H37N7/c1-5-21-20(22-12-17(2)14-26-10-8-24(3)9-11-26)27-7-6-18(16-27)19-13-23-25(4)15-19/h13,15,17-18H,5-12,14,16H2,1-4H3,(H,21,22). The molecule has 0 bridgehead atoms. The number of aryl methyl sites for hydroxylation is 1. The maximum atomic E-state index is 4.98. The number of likely N-dealkylation sites (tertiary alicyclic amines) is 1. The van der Waals surface area contributed by atoms with Crippen LogP contribution in [0.3, 0.4) is 0 Å². The number of guanidine groups is 1. The molecule has 1 aromatic heterocycles. The molecule has 1 N–H and O–H groups in total. The van der Waals surface area contributed by atoms with Gasteiger partial charge in [0.05, 0.1) is 6.20 Å². The Balaban J connectivity index is 1.51. The first-order chi connectivity index (χ1) is 13.0. The van der Waals surface area contributed by atoms with Crippen molar-refractivity contribution >= 4 is 5.96 Å². The SMILES string of the molecule is CCNC(=NCC(C)CN1CCN(C)CC1)N1CCC(c2cnn(C)c2)C1. The highest BCUT2D eigenvalue weighted by molar-refractivity contribution is 5.80. The van der Waals surface area contributed by atoms with Gasteiger partial charge in [0, 0.05) is 78.1 Å². The van der Waals surface area contributed by atoms with E-state index in [0.717, 1.165) is 38.7 Å². The minimum absolute atomic E-state index is 0.560. The van der Waals surface area contributed by atoms with Crippen LogP contribution in [0.4, 0.5) is 0 Å². The molecule has 152 valence electrons. The van der Waals surface area contributed by atoms with Crippen LogP contribution in [0, 0.1) is 5.92 Å². The van der Waals surface area contributed by atoms with E-state index in [-0.39, 0.29) is 0 Å². The number of piperazine rings is 1. The quantitative estimate of drug-likeness (QED) is 0.595. The minimum atomic E-state index is 0.560. The van der Waals surface area contributed by atoms with Crippen molar-refractivity contribution in [2.24, 2.45) is 18.0 Å². The van der Waals surface area contributed by atoms with E-state index in [2.05, 4.69) is 52.2 Å². The number of hydrogen-bond donors (Lipinski definition) is 1. The van der Waals surface area contributed by atoms with Gasteiger partial charge >= 0.3 is 0 Å². The van der Waals surface area contributed by atoms with E-state index in [1.165, 1.54) is 38.2 Å². The van der Waals surface area contributed by atoms with Gasteiger partial charge in [0.2, 0.25) is 0 Å². The van der Waals surface area contributed by atoms with E-state index >= 15 is 0 Å². The first kappa shape index (κ1) is 20.1. The average molecular weight is 376 g/mol. The highest BCUT2D eigenvalue weighted by atomic mass is 15.3. The maximum Gasteiger partial charge on any atom is 0.193 e. The zero-order chi connectivity index (χ0) is 19.2. The summed E-state index contributed by atoms with van der Waals surface area (Å²) in [5, 5.41) is 7.83. The van der Waals surface area contributed by atoms with E-state index < -0.39 is 0 Å². The lowest BCUT2D eigenvalue weighted by molar-refractivity contribution is 0.140. The van der Waals surface area contributed by atoms with Crippen LogP contribution in [0.25, 0.3) is 0 Å². The van der Waals surface area contributed by atoms with Crippen LogP contribution < -0.4 is 5.32 Å². The first-order valence-electron chi connectivity index (χ1n) is 10.5. The average Bonchev–Trinajstić information content (AvgIpc) is 3.29. The number of nitrogens with zero attached hydrogens (tertiary/aromatic N) is 6. The van der Waals surface area contributed by atoms with Gasteiger partial charge in [0.15, 0.2) is 5.96 Å². The van der Waals surface area contributed by atoms with Gasteiger partial charge in [-0.15, -0.1) is 0 Å². The lowest BCUT2D eigenvalue weighted by Crippen LogP contribution is -2.46. The summed E-state index contributed by atoms with van der Waals surface area (Å²) in [4.78, 5) is 12.4. The lowest BCUT2D eigenvalue weighted by atomic mass is 10.0. The van der Waals surface area contributed by atoms with Crippen LogP contribution in [0.2, 0.25) is 0 Å². The predicted molar refractivity (Wildman–Crippen MR) is 111 cm³/mol. The van der Waals surface area contributed by atoms with E-state index in [0.29, 0.717) is 11.8 Å². The lowest BCUT2D eigenvalue weighted by Gasteiger charge is -2.33. The Hall–Kier alpha value is -1.60. The molecule has 0 aromatic carbocycles. The molecule has 2 atom stereocenters. The van der Waals surface area contributed by atoms with Gasteiger partial charge < -0.3 is 20.0 Å². The van der Waals surface area contributed by atoms with Crippen molar-refractivity contribution in [2.75, 3.05) is 66.0 Å². The Morgan fingerprint density at radius 3 is 2.70 bits per heavy atom. The van der Waals surface area contributed by atoms with Crippen LogP contribution in [0.15, 0.2) is 17.4 Å². The second-order valence-corrected chi connectivity index (χ2v) is 8.28. The Morgan fingerprint density at radius 1 is 1.26 bits per heavy atom. The predicted octanol–water partition coefficient (Wildman–Crippen LogP) is 1.06. The molecule has 2 saturated heterocycles. The van der Waals surface area contributed by atoms with Crippen LogP contribution in [-0.2, 0) is 7.05 Å². The summed E-state index contributed by atoms with van der Waals surface area (Å²) in [6.45, 7) is 14.3. The molecule has 3 heterocycles. The van der Waals surface area contributed by atoms with Crippen molar-refractivity contribution in [3.05, 3.63) is 18.0 Å². The molecule has 7 nitrogen and oxygen atoms in total. The second kappa shape index (κ2) is 9.55. The summed E-state index contributed by atoms with van der Waals surface area (Å²) < 4.78 is 1.90. The Bertz CT molecular complexity index is 603. The highest BCUT2D eigenvalue weighted by Crippen LogP contribution is 2.26. The third kappa shape index (κ3) is 5.69. The van der Waals surface area contributed by atoms with Gasteiger partial charge in [-0.1, -0.05) is 6.92 Å². The smallest absolute Gasteiger partial charge is 0.193 e. The molecule has 0 spiro atoms. The highest BCUT2D eigenvalue weighted by Gasteiger charge is 2.27. The number of hydrogen-bond acceptors (Lipinski definition) is 4. The fourth-order valence-corrected chi connectivity index (χ4v) is 4.07. The van der Waals surface area contributed by atoms with Crippen molar-refractivity contribution in [3.63, 3.8) is 0 Å². The number of aromatic nitrogens is 2. The number of aliphatic imine (C=N–C) groups is 1. The molecule has 0 aliphatic carbocycles. The molecule has 1 aromatic rings. The molecule has 0 amide bonds. The molecule has 0 saturated carbocycles. The molecule has 3 rings (SSSR count). The van der Waals surface area contributed by atoms with E-state index in [1.807, 2.05) is 17.9 Å². The number of likely N-dealkylation sites (N-methyl/N-ethyl adjacent to an activating group) is 1. The van der Waals surface area contributed by atoms with E-state index in [4.69, 9.17) is 4.99 Å². The fraction of sp³-hybridized carbons (Fsp3) is 0.800. The fourth-order valence-electron chi connectivity index (χ4n) is 4.07. The molecule has 7 heteroatoms. The van der Waals surface area contributed by atoms with Gasteiger partial charge in [-0.25, -0.2) is 0 Å². The zero-order valence-corrected chi connectivity index (χ0v) is 17.6. The van der Waals surface area contributed by atoms with Crippen LogP contribution in [0.5, 0.6) is 0 Å². The minimum Gasteiger partial charge on any atom is -0.357 e. The van der Waals surface area contributed by atoms with Crippen molar-refractivity contribution in [1.29, 1.82) is 0 Å². The Labute approximate surface area is 164 Å². The summed E-state index contributed by atoms with van der Waals surface area (Å²) in [6.07, 6.45) is 5.33. The normalized spacial score (nSPS) is 23.8. The van der Waals surface area contributed by atoms with Crippen molar-refractivity contribution < 1.29 is 0 Å². The largest absolute Gasteiger partial charge is 0.357 e. The van der Waals surface area contributed by atoms with E-state index in [1.54, 1.807) is 0 Å². The zero-order valence-electron chi connectivity index (χ0n) is 17.6. The molecule has 0 radical (unpaired) electrons. The van der Waals surface area contributed by atoms with Crippen LogP contribution in [0.1, 0.15) is 31.7 Å². The van der Waals surface area contributed by atoms with Crippen LogP contribution in [-0.4, -0.2) is 96.4 Å². The molecule has 2 aliphatic rings. The first-order valence-corrected chi connectivity index (χ1v) is 10.5. The Kier molecular flexibility index (Phi) is 7.13. The summed E-state index contributed by atoms with van der Waals surface area (Å²) in [6, 6.07) is 0. The summed E-state index contributed by atoms with van der Waals surface area (Å²) in [5.74, 6) is 2.22. The molecule has 2 aliphatic heterocycles. The Morgan fingerprint density at radius 2 is 2.04 bits per heavy atom. The van der Waals surface area contributed by atoms with Gasteiger partial charge in [0.25, 0.3) is 0 Å². The molecular formula is C20H37N7. The van der Waals surface area contributed by atoms with Gasteiger partial charge in [-0.3, -0.25) is 9.67 Å². The van der Waals surface area contributed by atoms with Crippen molar-refractivity contribution in [2.45, 2.75) is 26.2 Å². The van der Waals surface area contributed by atoms with Gasteiger partial charge in [-0.2, -0.15) is 5.10 Å². The number of rotatable bonds is 6. The van der Waals surface area contributed by atoms with Gasteiger partial charge in [-0.05, 0) is 31.9 Å². The third-order valence-corrected chi connectivity index (χ3v) is 5.74. The molecule has 27 heavy (non-hydrogen) atoms. The number of nitrogens with one attached hydrogen (secondary N) is 1. The van der Waals surface area contributed by atoms with Crippen molar-refractivity contribution in [1.82, 2.24) is 29.8 Å². The van der Waals surface area contributed by atoms with Crippen LogP contribution >= 0.6 is 0 Å². The summed E-state index contributed by atoms with van der Waals surface area (Å²) in [7, 11) is 4.20. The summed E-state index contributed by atoms with van der Waals surface area (Å²) >= 11 is 0. The topological polar surface area (TPSA) is 51.9 Å². The molecular weight excluding hydrogens is 338 g/mol. The second-order valence-electron chi connectivity index (χ2n) is 8.28. The van der Waals surface area contributed by atoms with Crippen molar-refractivity contribution in [3.8, 4) is 0 Å². The van der Waals surface area contributed by atoms with Gasteiger partial charge in [0.1, 0.15) is 0 Å². The third-order valence-electron chi connectivity index (χ3n) is 5.74. The molecule has 2 unspecified atom stereocenters.